The molecular formula is C11H22N2O2. The fourth-order valence-corrected chi connectivity index (χ4v) is 2.02. The molecule has 0 amide bonds. The Labute approximate surface area is 91.4 Å². The second kappa shape index (κ2) is 7.65. The van der Waals surface area contributed by atoms with Gasteiger partial charge in [-0.3, -0.25) is 4.79 Å². The average molecular weight is 214 g/mol. The zero-order chi connectivity index (χ0) is 10.9. The Hall–Kier alpha value is -0.610. The summed E-state index contributed by atoms with van der Waals surface area (Å²) in [6.07, 6.45) is 7.72. The molecule has 0 aromatic carbocycles. The third-order valence-corrected chi connectivity index (χ3v) is 2.84. The highest BCUT2D eigenvalue weighted by molar-refractivity contribution is 5.68. The summed E-state index contributed by atoms with van der Waals surface area (Å²) in [6, 6.07) is 0.707. The normalized spacial score (nSPS) is 17.9. The monoisotopic (exact) mass is 214 g/mol. The van der Waals surface area contributed by atoms with Crippen molar-refractivity contribution in [1.29, 1.82) is 0 Å². The van der Waals surface area contributed by atoms with Gasteiger partial charge in [-0.15, -0.1) is 0 Å². The van der Waals surface area contributed by atoms with Crippen LogP contribution in [0, 0.1) is 0 Å². The fourth-order valence-electron chi connectivity index (χ4n) is 2.02. The van der Waals surface area contributed by atoms with Crippen molar-refractivity contribution in [3.05, 3.63) is 0 Å². The van der Waals surface area contributed by atoms with Crippen LogP contribution in [-0.4, -0.2) is 36.8 Å². The van der Waals surface area contributed by atoms with Crippen LogP contribution in [0.3, 0.4) is 0 Å². The van der Waals surface area contributed by atoms with E-state index in [1.807, 2.05) is 0 Å². The van der Waals surface area contributed by atoms with E-state index in [4.69, 9.17) is 5.11 Å². The van der Waals surface area contributed by atoms with E-state index >= 15 is 0 Å². The predicted molar refractivity (Wildman–Crippen MR) is 60.0 cm³/mol. The van der Waals surface area contributed by atoms with Crippen molar-refractivity contribution in [2.24, 2.45) is 0 Å². The molecule has 0 atom stereocenters. The molecule has 4 nitrogen and oxygen atoms in total. The van der Waals surface area contributed by atoms with Crippen LogP contribution in [0.1, 0.15) is 38.5 Å². The second-order valence-corrected chi connectivity index (χ2v) is 4.21. The van der Waals surface area contributed by atoms with Gasteiger partial charge < -0.3 is 15.7 Å². The maximum Gasteiger partial charge on any atom is 0.317 e. The van der Waals surface area contributed by atoms with E-state index in [-0.39, 0.29) is 6.54 Å². The van der Waals surface area contributed by atoms with Crippen molar-refractivity contribution >= 4 is 5.97 Å². The summed E-state index contributed by atoms with van der Waals surface area (Å²) in [7, 11) is 0. The molecule has 0 saturated heterocycles. The van der Waals surface area contributed by atoms with E-state index in [1.165, 1.54) is 32.1 Å². The molecule has 4 heteroatoms. The largest absolute Gasteiger partial charge is 0.480 e. The molecule has 1 fully saturated rings. The number of hydrogen-bond donors (Lipinski definition) is 3. The van der Waals surface area contributed by atoms with Crippen molar-refractivity contribution in [3.8, 4) is 0 Å². The number of carboxylic acids is 1. The van der Waals surface area contributed by atoms with E-state index in [2.05, 4.69) is 10.6 Å². The number of hydrogen-bond acceptors (Lipinski definition) is 3. The van der Waals surface area contributed by atoms with Gasteiger partial charge in [0.15, 0.2) is 0 Å². The highest BCUT2D eigenvalue weighted by Crippen LogP contribution is 2.16. The number of rotatable bonds is 7. The number of aliphatic carboxylic acids is 1. The summed E-state index contributed by atoms with van der Waals surface area (Å²) < 4.78 is 0. The molecule has 0 aromatic heterocycles. The van der Waals surface area contributed by atoms with Gasteiger partial charge in [0.2, 0.25) is 0 Å². The first kappa shape index (κ1) is 12.5. The lowest BCUT2D eigenvalue weighted by atomic mass is 9.95. The summed E-state index contributed by atoms with van der Waals surface area (Å²) in [4.78, 5) is 10.2. The van der Waals surface area contributed by atoms with Crippen molar-refractivity contribution < 1.29 is 9.90 Å². The molecule has 1 aliphatic carbocycles. The summed E-state index contributed by atoms with van der Waals surface area (Å²) in [5, 5.41) is 14.8. The van der Waals surface area contributed by atoms with Gasteiger partial charge in [-0.25, -0.2) is 0 Å². The standard InChI is InChI=1S/C11H22N2O2/c14-11(15)9-12-7-4-8-13-10-5-2-1-3-6-10/h10,12-13H,1-9H2,(H,14,15). The van der Waals surface area contributed by atoms with Crippen LogP contribution in [0.2, 0.25) is 0 Å². The van der Waals surface area contributed by atoms with Gasteiger partial charge in [-0.2, -0.15) is 0 Å². The van der Waals surface area contributed by atoms with Crippen molar-refractivity contribution in [3.63, 3.8) is 0 Å². The predicted octanol–water partition coefficient (Wildman–Crippen LogP) is 0.973. The number of carboxylic acid groups (broad SMARTS) is 1. The molecule has 1 aliphatic rings. The van der Waals surface area contributed by atoms with Crippen LogP contribution in [0.25, 0.3) is 0 Å². The first-order valence-corrected chi connectivity index (χ1v) is 5.95. The SMILES string of the molecule is O=C(O)CNCCCNC1CCCCC1. The molecule has 15 heavy (non-hydrogen) atoms. The van der Waals surface area contributed by atoms with Crippen LogP contribution < -0.4 is 10.6 Å². The van der Waals surface area contributed by atoms with Crippen LogP contribution in [0.5, 0.6) is 0 Å². The minimum Gasteiger partial charge on any atom is -0.480 e. The average Bonchev–Trinajstić information content (AvgIpc) is 2.24. The fraction of sp³-hybridized carbons (Fsp3) is 0.909. The number of carbonyl (C=O) groups is 1. The van der Waals surface area contributed by atoms with Gasteiger partial charge in [-0.05, 0) is 32.4 Å². The molecule has 3 N–H and O–H groups in total. The second-order valence-electron chi connectivity index (χ2n) is 4.21. The third kappa shape index (κ3) is 6.47. The van der Waals surface area contributed by atoms with Crippen molar-refractivity contribution in [2.45, 2.75) is 44.6 Å². The van der Waals surface area contributed by atoms with Gasteiger partial charge in [-0.1, -0.05) is 19.3 Å². The first-order chi connectivity index (χ1) is 7.29. The molecular weight excluding hydrogens is 192 g/mol. The summed E-state index contributed by atoms with van der Waals surface area (Å²) in [5.74, 6) is -0.782. The molecule has 0 radical (unpaired) electrons. The lowest BCUT2D eigenvalue weighted by Crippen LogP contribution is -2.33. The van der Waals surface area contributed by atoms with Crippen LogP contribution in [0.15, 0.2) is 0 Å². The lowest BCUT2D eigenvalue weighted by Gasteiger charge is -2.22. The molecule has 1 saturated carbocycles. The highest BCUT2D eigenvalue weighted by Gasteiger charge is 2.11. The summed E-state index contributed by atoms with van der Waals surface area (Å²) >= 11 is 0. The van der Waals surface area contributed by atoms with Crippen LogP contribution in [0.4, 0.5) is 0 Å². The van der Waals surface area contributed by atoms with Crippen LogP contribution in [-0.2, 0) is 4.79 Å². The lowest BCUT2D eigenvalue weighted by molar-refractivity contribution is -0.135. The molecule has 0 bridgehead atoms. The van der Waals surface area contributed by atoms with E-state index in [1.54, 1.807) is 0 Å². The molecule has 0 heterocycles. The summed E-state index contributed by atoms with van der Waals surface area (Å²) in [5.41, 5.74) is 0. The maximum absolute atomic E-state index is 10.2. The molecule has 0 aliphatic heterocycles. The molecule has 0 aromatic rings. The minimum absolute atomic E-state index is 0.0728. The van der Waals surface area contributed by atoms with Gasteiger partial charge in [0.25, 0.3) is 0 Å². The first-order valence-electron chi connectivity index (χ1n) is 5.95. The zero-order valence-electron chi connectivity index (χ0n) is 9.30. The van der Waals surface area contributed by atoms with E-state index in [9.17, 15) is 4.79 Å². The topological polar surface area (TPSA) is 61.4 Å². The highest BCUT2D eigenvalue weighted by atomic mass is 16.4. The maximum atomic E-state index is 10.2. The Bertz CT molecular complexity index is 179. The van der Waals surface area contributed by atoms with Gasteiger partial charge in [0.05, 0.1) is 6.54 Å². The zero-order valence-corrected chi connectivity index (χ0v) is 9.30. The van der Waals surface area contributed by atoms with E-state index in [0.717, 1.165) is 19.5 Å². The molecule has 88 valence electrons. The molecule has 0 unspecified atom stereocenters. The van der Waals surface area contributed by atoms with E-state index in [0.29, 0.717) is 6.04 Å². The Kier molecular flexibility index (Phi) is 6.36. The Morgan fingerprint density at radius 3 is 2.60 bits per heavy atom. The van der Waals surface area contributed by atoms with Crippen molar-refractivity contribution in [1.82, 2.24) is 10.6 Å². The van der Waals surface area contributed by atoms with Gasteiger partial charge >= 0.3 is 5.97 Å². The molecule has 1 rings (SSSR count). The molecule has 0 spiro atoms. The third-order valence-electron chi connectivity index (χ3n) is 2.84. The quantitative estimate of drug-likeness (QED) is 0.553. The van der Waals surface area contributed by atoms with Gasteiger partial charge in [0.1, 0.15) is 0 Å². The smallest absolute Gasteiger partial charge is 0.317 e. The Morgan fingerprint density at radius 2 is 1.93 bits per heavy atom. The Balaban J connectivity index is 1.85. The van der Waals surface area contributed by atoms with Gasteiger partial charge in [0, 0.05) is 6.04 Å². The van der Waals surface area contributed by atoms with E-state index < -0.39 is 5.97 Å². The summed E-state index contributed by atoms with van der Waals surface area (Å²) in [6.45, 7) is 1.85. The van der Waals surface area contributed by atoms with Crippen molar-refractivity contribution in [2.75, 3.05) is 19.6 Å². The van der Waals surface area contributed by atoms with Crippen LogP contribution >= 0.6 is 0 Å². The number of nitrogens with one attached hydrogen (secondary N) is 2. The minimum atomic E-state index is -0.782. The Morgan fingerprint density at radius 1 is 1.20 bits per heavy atom.